The Morgan fingerprint density at radius 1 is 0.800 bits per heavy atom. The van der Waals surface area contributed by atoms with Crippen LogP contribution in [0.3, 0.4) is 0 Å². The summed E-state index contributed by atoms with van der Waals surface area (Å²) in [5.74, 6) is 0. The monoisotopic (exact) mass is 229 g/mol. The van der Waals surface area contributed by atoms with E-state index in [0.29, 0.717) is 0 Å². The summed E-state index contributed by atoms with van der Waals surface area (Å²) >= 11 is 6.60. The number of rotatable bonds is 3. The third kappa shape index (κ3) is 3.10. The fourth-order valence-electron chi connectivity index (χ4n) is 3.24. The molecule has 0 spiro atoms. The van der Waals surface area contributed by atoms with Crippen molar-refractivity contribution in [1.82, 2.24) is 0 Å². The molecular formula is C13H24ClN. The second-order valence-corrected chi connectivity index (χ2v) is 6.58. The van der Waals surface area contributed by atoms with Gasteiger partial charge in [0.2, 0.25) is 0 Å². The molecule has 0 aromatic rings. The number of halogens is 1. The molecule has 0 aromatic heterocycles. The highest BCUT2D eigenvalue weighted by Crippen LogP contribution is 2.42. The Morgan fingerprint density at radius 2 is 1.33 bits per heavy atom. The summed E-state index contributed by atoms with van der Waals surface area (Å²) in [6.07, 6.45) is 13.8. The van der Waals surface area contributed by atoms with Crippen molar-refractivity contribution in [2.24, 2.45) is 5.73 Å². The Kier molecular flexibility index (Phi) is 3.62. The minimum Gasteiger partial charge on any atom is -0.325 e. The highest BCUT2D eigenvalue weighted by atomic mass is 35.5. The number of alkyl halides is 1. The van der Waals surface area contributed by atoms with Gasteiger partial charge >= 0.3 is 0 Å². The molecule has 2 rings (SSSR count). The van der Waals surface area contributed by atoms with Crippen LogP contribution >= 0.6 is 11.6 Å². The van der Waals surface area contributed by atoms with E-state index in [1.807, 2.05) is 0 Å². The second-order valence-electron chi connectivity index (χ2n) is 5.78. The molecule has 2 saturated carbocycles. The van der Waals surface area contributed by atoms with Gasteiger partial charge in [0, 0.05) is 10.4 Å². The Hall–Kier alpha value is 0.250. The quantitative estimate of drug-likeness (QED) is 0.728. The van der Waals surface area contributed by atoms with Crippen molar-refractivity contribution < 1.29 is 0 Å². The molecule has 88 valence electrons. The van der Waals surface area contributed by atoms with Crippen molar-refractivity contribution in [3.05, 3.63) is 0 Å². The second kappa shape index (κ2) is 4.63. The summed E-state index contributed by atoms with van der Waals surface area (Å²) in [5, 5.41) is 0. The van der Waals surface area contributed by atoms with Gasteiger partial charge in [-0.05, 0) is 38.5 Å². The van der Waals surface area contributed by atoms with E-state index in [9.17, 15) is 0 Å². The van der Waals surface area contributed by atoms with Gasteiger partial charge in [-0.3, -0.25) is 0 Å². The molecule has 1 nitrogen and oxygen atoms in total. The maximum absolute atomic E-state index is 6.60. The van der Waals surface area contributed by atoms with E-state index in [1.165, 1.54) is 57.8 Å². The molecule has 2 aliphatic carbocycles. The standard InChI is InChI=1S/C13H24ClN/c14-12(6-4-5-7-12)10-11-13(15)8-2-1-3-9-13/h1-11,15H2. The van der Waals surface area contributed by atoms with E-state index in [4.69, 9.17) is 17.3 Å². The van der Waals surface area contributed by atoms with Crippen LogP contribution in [-0.2, 0) is 0 Å². The average Bonchev–Trinajstić information content (AvgIpc) is 2.65. The molecule has 0 unspecified atom stereocenters. The maximum atomic E-state index is 6.60. The van der Waals surface area contributed by atoms with Gasteiger partial charge in [0.1, 0.15) is 0 Å². The van der Waals surface area contributed by atoms with Crippen LogP contribution in [0.1, 0.15) is 70.6 Å². The fourth-order valence-corrected chi connectivity index (χ4v) is 3.60. The normalized spacial score (nSPS) is 29.2. The molecule has 15 heavy (non-hydrogen) atoms. The molecule has 2 aliphatic rings. The van der Waals surface area contributed by atoms with Crippen LogP contribution in [0.15, 0.2) is 0 Å². The van der Waals surface area contributed by atoms with Crippen LogP contribution in [0.5, 0.6) is 0 Å². The van der Waals surface area contributed by atoms with E-state index < -0.39 is 0 Å². The average molecular weight is 230 g/mol. The Morgan fingerprint density at radius 3 is 1.93 bits per heavy atom. The smallest absolute Gasteiger partial charge is 0.0447 e. The lowest BCUT2D eigenvalue weighted by atomic mass is 9.77. The minimum atomic E-state index is 0.115. The summed E-state index contributed by atoms with van der Waals surface area (Å²) in [6.45, 7) is 0. The molecule has 0 aliphatic heterocycles. The molecule has 0 atom stereocenters. The zero-order valence-electron chi connectivity index (χ0n) is 9.73. The largest absolute Gasteiger partial charge is 0.325 e. The predicted octanol–water partition coefficient (Wildman–Crippen LogP) is 3.98. The SMILES string of the molecule is NC1(CCC2(Cl)CCCC2)CCCCC1. The number of hydrogen-bond donors (Lipinski definition) is 1. The lowest BCUT2D eigenvalue weighted by Crippen LogP contribution is -2.42. The van der Waals surface area contributed by atoms with E-state index in [1.54, 1.807) is 0 Å². The van der Waals surface area contributed by atoms with E-state index in [2.05, 4.69) is 0 Å². The van der Waals surface area contributed by atoms with Crippen molar-refractivity contribution >= 4 is 11.6 Å². The first-order chi connectivity index (χ1) is 7.12. The van der Waals surface area contributed by atoms with Gasteiger partial charge in [0.25, 0.3) is 0 Å². The number of hydrogen-bond acceptors (Lipinski definition) is 1. The molecular weight excluding hydrogens is 206 g/mol. The summed E-state index contributed by atoms with van der Waals surface area (Å²) in [6, 6.07) is 0. The van der Waals surface area contributed by atoms with Gasteiger partial charge in [0.05, 0.1) is 0 Å². The highest BCUT2D eigenvalue weighted by molar-refractivity contribution is 6.24. The molecule has 2 heteroatoms. The Balaban J connectivity index is 1.80. The van der Waals surface area contributed by atoms with E-state index >= 15 is 0 Å². The third-order valence-electron chi connectivity index (χ3n) is 4.42. The van der Waals surface area contributed by atoms with Crippen LogP contribution in [0, 0.1) is 0 Å². The Bertz CT molecular complexity index is 203. The van der Waals surface area contributed by atoms with Crippen LogP contribution < -0.4 is 5.73 Å². The topological polar surface area (TPSA) is 26.0 Å². The number of nitrogens with two attached hydrogens (primary N) is 1. The lowest BCUT2D eigenvalue weighted by Gasteiger charge is -2.35. The van der Waals surface area contributed by atoms with Crippen LogP contribution in [0.25, 0.3) is 0 Å². The minimum absolute atomic E-state index is 0.115. The van der Waals surface area contributed by atoms with Crippen LogP contribution in [-0.4, -0.2) is 10.4 Å². The van der Waals surface area contributed by atoms with Gasteiger partial charge < -0.3 is 5.73 Å². The van der Waals surface area contributed by atoms with Gasteiger partial charge in [-0.15, -0.1) is 11.6 Å². The molecule has 0 aromatic carbocycles. The first-order valence-corrected chi connectivity index (χ1v) is 6.98. The Labute approximate surface area is 98.8 Å². The molecule has 0 heterocycles. The zero-order valence-corrected chi connectivity index (χ0v) is 10.5. The van der Waals surface area contributed by atoms with E-state index in [0.717, 1.165) is 12.8 Å². The highest BCUT2D eigenvalue weighted by Gasteiger charge is 2.35. The third-order valence-corrected chi connectivity index (χ3v) is 4.99. The molecule has 0 amide bonds. The predicted molar refractivity (Wildman–Crippen MR) is 66.3 cm³/mol. The van der Waals surface area contributed by atoms with Gasteiger partial charge in [-0.1, -0.05) is 32.1 Å². The molecule has 0 saturated heterocycles. The molecule has 0 bridgehead atoms. The van der Waals surface area contributed by atoms with Gasteiger partial charge in [-0.2, -0.15) is 0 Å². The molecule has 2 N–H and O–H groups in total. The fraction of sp³-hybridized carbons (Fsp3) is 1.00. The summed E-state index contributed by atoms with van der Waals surface area (Å²) in [5.41, 5.74) is 6.57. The van der Waals surface area contributed by atoms with Crippen LogP contribution in [0.2, 0.25) is 0 Å². The van der Waals surface area contributed by atoms with Crippen molar-refractivity contribution in [1.29, 1.82) is 0 Å². The van der Waals surface area contributed by atoms with Crippen molar-refractivity contribution in [2.75, 3.05) is 0 Å². The maximum Gasteiger partial charge on any atom is 0.0447 e. The first kappa shape index (κ1) is 11.7. The van der Waals surface area contributed by atoms with Crippen molar-refractivity contribution in [3.63, 3.8) is 0 Å². The van der Waals surface area contributed by atoms with Gasteiger partial charge in [-0.25, -0.2) is 0 Å². The van der Waals surface area contributed by atoms with Gasteiger partial charge in [0.15, 0.2) is 0 Å². The molecule has 0 radical (unpaired) electrons. The van der Waals surface area contributed by atoms with Crippen LogP contribution in [0.4, 0.5) is 0 Å². The first-order valence-electron chi connectivity index (χ1n) is 6.60. The molecule has 2 fully saturated rings. The summed E-state index contributed by atoms with van der Waals surface area (Å²) in [7, 11) is 0. The summed E-state index contributed by atoms with van der Waals surface area (Å²) < 4.78 is 0. The van der Waals surface area contributed by atoms with E-state index in [-0.39, 0.29) is 10.4 Å². The van der Waals surface area contributed by atoms with Crippen molar-refractivity contribution in [2.45, 2.75) is 81.0 Å². The van der Waals surface area contributed by atoms with Crippen molar-refractivity contribution in [3.8, 4) is 0 Å². The lowest BCUT2D eigenvalue weighted by molar-refractivity contribution is 0.260. The summed E-state index contributed by atoms with van der Waals surface area (Å²) in [4.78, 5) is 0.115. The zero-order chi connectivity index (χ0) is 10.8.